The third-order valence-electron chi connectivity index (χ3n) is 2.52. The van der Waals surface area contributed by atoms with E-state index in [1.165, 1.54) is 18.3 Å². The van der Waals surface area contributed by atoms with Crippen molar-refractivity contribution in [3.8, 4) is 0 Å². The molecule has 0 bridgehead atoms. The van der Waals surface area contributed by atoms with Crippen LogP contribution >= 0.6 is 0 Å². The molecule has 0 saturated carbocycles. The Balaban J connectivity index is 2.27. The van der Waals surface area contributed by atoms with Crippen LogP contribution in [0.25, 0.3) is 0 Å². The molecule has 1 aliphatic rings. The number of rotatable bonds is 2. The van der Waals surface area contributed by atoms with Crippen LogP contribution in [-0.2, 0) is 9.59 Å². The van der Waals surface area contributed by atoms with Crippen LogP contribution < -0.4 is 10.6 Å². The van der Waals surface area contributed by atoms with Crippen molar-refractivity contribution in [1.82, 2.24) is 4.98 Å². The van der Waals surface area contributed by atoms with Gasteiger partial charge in [0.15, 0.2) is 11.6 Å². The minimum Gasteiger partial charge on any atom is -0.369 e. The van der Waals surface area contributed by atoms with Gasteiger partial charge in [0.1, 0.15) is 0 Å². The van der Waals surface area contributed by atoms with Gasteiger partial charge in [-0.15, -0.1) is 0 Å². The fourth-order valence-corrected chi connectivity index (χ4v) is 1.68. The summed E-state index contributed by atoms with van der Waals surface area (Å²) in [7, 11) is 0. The van der Waals surface area contributed by atoms with Crippen molar-refractivity contribution in [1.29, 1.82) is 0 Å². The molecule has 0 spiro atoms. The van der Waals surface area contributed by atoms with Crippen molar-refractivity contribution in [2.75, 3.05) is 11.4 Å². The summed E-state index contributed by atoms with van der Waals surface area (Å²) in [5.74, 6) is -2.07. The number of carbonyl (C=O) groups is 2. The van der Waals surface area contributed by atoms with Gasteiger partial charge in [0.05, 0.1) is 5.92 Å². The molecule has 6 heteroatoms. The predicted molar refractivity (Wildman–Crippen MR) is 53.8 cm³/mol. The lowest BCUT2D eigenvalue weighted by atomic mass is 10.1. The van der Waals surface area contributed by atoms with E-state index in [0.717, 1.165) is 4.90 Å². The average molecular weight is 223 g/mol. The first-order chi connectivity index (χ1) is 7.59. The Kier molecular flexibility index (Phi) is 2.55. The Bertz CT molecular complexity index is 449. The van der Waals surface area contributed by atoms with Gasteiger partial charge in [0.2, 0.25) is 11.8 Å². The number of anilines is 1. The molecule has 5 nitrogen and oxygen atoms in total. The first kappa shape index (κ1) is 10.5. The quantitative estimate of drug-likeness (QED) is 0.770. The van der Waals surface area contributed by atoms with Crippen LogP contribution in [0.1, 0.15) is 6.42 Å². The van der Waals surface area contributed by atoms with Crippen molar-refractivity contribution in [2.24, 2.45) is 11.7 Å². The number of carbonyl (C=O) groups excluding carboxylic acids is 2. The molecular weight excluding hydrogens is 213 g/mol. The average Bonchev–Trinajstić information content (AvgIpc) is 2.61. The van der Waals surface area contributed by atoms with Gasteiger partial charge in [0, 0.05) is 19.2 Å². The molecule has 1 aromatic heterocycles. The standard InChI is InChI=1S/C10H10FN3O2/c11-7-2-1-3-13-10(7)14-5-6(9(12)16)4-8(14)15/h1-3,6H,4-5H2,(H2,12,16). The third-order valence-corrected chi connectivity index (χ3v) is 2.52. The van der Waals surface area contributed by atoms with Crippen molar-refractivity contribution >= 4 is 17.6 Å². The number of halogens is 1. The molecule has 1 saturated heterocycles. The zero-order chi connectivity index (χ0) is 11.7. The van der Waals surface area contributed by atoms with Crippen LogP contribution in [0, 0.1) is 11.7 Å². The molecule has 0 radical (unpaired) electrons. The van der Waals surface area contributed by atoms with Gasteiger partial charge >= 0.3 is 0 Å². The molecule has 0 aliphatic carbocycles. The highest BCUT2D eigenvalue weighted by molar-refractivity contribution is 5.99. The van der Waals surface area contributed by atoms with E-state index in [0.29, 0.717) is 0 Å². The zero-order valence-corrected chi connectivity index (χ0v) is 8.39. The fraction of sp³-hybridized carbons (Fsp3) is 0.300. The van der Waals surface area contributed by atoms with Gasteiger partial charge < -0.3 is 5.73 Å². The second kappa shape index (κ2) is 3.88. The number of pyridine rings is 1. The van der Waals surface area contributed by atoms with Crippen molar-refractivity contribution in [3.63, 3.8) is 0 Å². The van der Waals surface area contributed by atoms with Gasteiger partial charge in [-0.05, 0) is 12.1 Å². The SMILES string of the molecule is NC(=O)C1CC(=O)N(c2ncccc2F)C1. The number of amides is 2. The molecule has 1 aromatic rings. The summed E-state index contributed by atoms with van der Waals surface area (Å²) in [6, 6.07) is 2.65. The molecule has 2 rings (SSSR count). The number of aromatic nitrogens is 1. The lowest BCUT2D eigenvalue weighted by Crippen LogP contribution is -2.29. The molecular formula is C10H10FN3O2. The van der Waals surface area contributed by atoms with Crippen molar-refractivity contribution in [2.45, 2.75) is 6.42 Å². The number of hydrogen-bond donors (Lipinski definition) is 1. The highest BCUT2D eigenvalue weighted by Gasteiger charge is 2.35. The lowest BCUT2D eigenvalue weighted by Gasteiger charge is -2.15. The van der Waals surface area contributed by atoms with E-state index in [2.05, 4.69) is 4.98 Å². The molecule has 0 aromatic carbocycles. The molecule has 1 unspecified atom stereocenters. The molecule has 2 amide bonds. The highest BCUT2D eigenvalue weighted by atomic mass is 19.1. The second-order valence-corrected chi connectivity index (χ2v) is 3.62. The smallest absolute Gasteiger partial charge is 0.229 e. The van der Waals surface area contributed by atoms with E-state index >= 15 is 0 Å². The van der Waals surface area contributed by atoms with Crippen molar-refractivity contribution in [3.05, 3.63) is 24.1 Å². The molecule has 16 heavy (non-hydrogen) atoms. The molecule has 84 valence electrons. The number of primary amides is 1. The minimum atomic E-state index is -0.582. The summed E-state index contributed by atoms with van der Waals surface area (Å²) in [6.07, 6.45) is 1.41. The molecule has 2 N–H and O–H groups in total. The number of nitrogens with zero attached hydrogens (tertiary/aromatic N) is 2. The monoisotopic (exact) mass is 223 g/mol. The molecule has 1 aliphatic heterocycles. The van der Waals surface area contributed by atoms with E-state index in [4.69, 9.17) is 5.73 Å². The Labute approximate surface area is 91.1 Å². The van der Waals surface area contributed by atoms with E-state index < -0.39 is 17.6 Å². The van der Waals surface area contributed by atoms with E-state index in [9.17, 15) is 14.0 Å². The minimum absolute atomic E-state index is 0.0192. The van der Waals surface area contributed by atoms with Gasteiger partial charge in [0.25, 0.3) is 0 Å². The molecule has 2 heterocycles. The Morgan fingerprint density at radius 3 is 2.94 bits per heavy atom. The van der Waals surface area contributed by atoms with Gasteiger partial charge in [-0.2, -0.15) is 0 Å². The topological polar surface area (TPSA) is 76.3 Å². The van der Waals surface area contributed by atoms with Crippen LogP contribution in [0.4, 0.5) is 10.2 Å². The third kappa shape index (κ3) is 1.73. The summed E-state index contributed by atoms with van der Waals surface area (Å²) in [4.78, 5) is 27.4. The first-order valence-electron chi connectivity index (χ1n) is 4.80. The van der Waals surface area contributed by atoms with E-state index in [1.807, 2.05) is 0 Å². The number of hydrogen-bond acceptors (Lipinski definition) is 3. The first-order valence-corrected chi connectivity index (χ1v) is 4.80. The summed E-state index contributed by atoms with van der Waals surface area (Å²) in [5.41, 5.74) is 5.11. The summed E-state index contributed by atoms with van der Waals surface area (Å²) in [5, 5.41) is 0. The van der Waals surface area contributed by atoms with Crippen LogP contribution in [0.15, 0.2) is 18.3 Å². The van der Waals surface area contributed by atoms with Crippen LogP contribution in [0.5, 0.6) is 0 Å². The Morgan fingerprint density at radius 2 is 2.38 bits per heavy atom. The Morgan fingerprint density at radius 1 is 1.62 bits per heavy atom. The summed E-state index contributed by atoms with van der Waals surface area (Å²) >= 11 is 0. The second-order valence-electron chi connectivity index (χ2n) is 3.62. The molecule has 1 atom stereocenters. The predicted octanol–water partition coefficient (Wildman–Crippen LogP) is 0.0589. The maximum atomic E-state index is 13.4. The maximum absolute atomic E-state index is 13.4. The fourth-order valence-electron chi connectivity index (χ4n) is 1.68. The normalized spacial score (nSPS) is 20.2. The van der Waals surface area contributed by atoms with Crippen LogP contribution in [0.3, 0.4) is 0 Å². The zero-order valence-electron chi connectivity index (χ0n) is 8.39. The summed E-state index contributed by atoms with van der Waals surface area (Å²) < 4.78 is 13.4. The lowest BCUT2D eigenvalue weighted by molar-refractivity contribution is -0.123. The number of nitrogens with two attached hydrogens (primary N) is 1. The summed E-state index contributed by atoms with van der Waals surface area (Å²) in [6.45, 7) is 0.0993. The van der Waals surface area contributed by atoms with E-state index in [-0.39, 0.29) is 24.7 Å². The van der Waals surface area contributed by atoms with E-state index in [1.54, 1.807) is 0 Å². The highest BCUT2D eigenvalue weighted by Crippen LogP contribution is 2.24. The van der Waals surface area contributed by atoms with Gasteiger partial charge in [-0.1, -0.05) is 0 Å². The van der Waals surface area contributed by atoms with Gasteiger partial charge in [-0.3, -0.25) is 14.5 Å². The van der Waals surface area contributed by atoms with Gasteiger partial charge in [-0.25, -0.2) is 9.37 Å². The molecule has 1 fully saturated rings. The maximum Gasteiger partial charge on any atom is 0.229 e. The van der Waals surface area contributed by atoms with Crippen LogP contribution in [0.2, 0.25) is 0 Å². The largest absolute Gasteiger partial charge is 0.369 e. The van der Waals surface area contributed by atoms with Crippen LogP contribution in [-0.4, -0.2) is 23.3 Å². The van der Waals surface area contributed by atoms with Crippen molar-refractivity contribution < 1.29 is 14.0 Å². The Hall–Kier alpha value is -1.98.